The average Bonchev–Trinajstić information content (AvgIpc) is 2.79. The van der Waals surface area contributed by atoms with E-state index in [9.17, 15) is 4.79 Å². The van der Waals surface area contributed by atoms with Gasteiger partial charge in [-0.3, -0.25) is 4.79 Å². The second kappa shape index (κ2) is 6.36. The monoisotopic (exact) mass is 239 g/mol. The minimum atomic E-state index is 0.258. The third-order valence-corrected chi connectivity index (χ3v) is 3.93. The molecule has 2 saturated heterocycles. The topological polar surface area (TPSA) is 35.6 Å². The molecule has 0 aromatic heterocycles. The summed E-state index contributed by atoms with van der Waals surface area (Å²) in [4.78, 5) is 16.3. The van der Waals surface area contributed by atoms with Gasteiger partial charge < -0.3 is 15.1 Å². The second-order valence-corrected chi connectivity index (χ2v) is 5.39. The quantitative estimate of drug-likeness (QED) is 0.778. The van der Waals surface area contributed by atoms with Gasteiger partial charge in [-0.05, 0) is 45.3 Å². The van der Waals surface area contributed by atoms with Gasteiger partial charge in [0, 0.05) is 19.6 Å². The van der Waals surface area contributed by atoms with Crippen LogP contribution >= 0.6 is 0 Å². The Balaban J connectivity index is 1.71. The first-order valence-corrected chi connectivity index (χ1v) is 6.94. The van der Waals surface area contributed by atoms with Gasteiger partial charge in [0.1, 0.15) is 0 Å². The number of rotatable bonds is 4. The maximum atomic E-state index is 11.7. The summed E-state index contributed by atoms with van der Waals surface area (Å²) < 4.78 is 0. The number of carbonyl (C=O) groups is 1. The van der Waals surface area contributed by atoms with Crippen molar-refractivity contribution in [2.45, 2.75) is 25.7 Å². The summed E-state index contributed by atoms with van der Waals surface area (Å²) in [5, 5.41) is 2.94. The van der Waals surface area contributed by atoms with E-state index < -0.39 is 0 Å². The number of nitrogens with zero attached hydrogens (tertiary/aromatic N) is 2. The fraction of sp³-hybridized carbons (Fsp3) is 0.923. The number of piperidine rings is 1. The van der Waals surface area contributed by atoms with Crippen LogP contribution in [0.4, 0.5) is 0 Å². The molecule has 4 heteroatoms. The average molecular weight is 239 g/mol. The minimum absolute atomic E-state index is 0.258. The molecule has 2 aliphatic heterocycles. The molecule has 1 N–H and O–H groups in total. The van der Waals surface area contributed by atoms with Gasteiger partial charge >= 0.3 is 0 Å². The molecule has 1 atom stereocenters. The molecule has 0 aromatic rings. The van der Waals surface area contributed by atoms with Crippen LogP contribution in [0.1, 0.15) is 25.7 Å². The Hall–Kier alpha value is -0.610. The van der Waals surface area contributed by atoms with Gasteiger partial charge in [0.2, 0.25) is 5.91 Å². The summed E-state index contributed by atoms with van der Waals surface area (Å²) in [7, 11) is 1.83. The maximum Gasteiger partial charge on any atom is 0.236 e. The van der Waals surface area contributed by atoms with Crippen molar-refractivity contribution in [2.75, 3.05) is 46.3 Å². The van der Waals surface area contributed by atoms with Crippen LogP contribution in [-0.2, 0) is 4.79 Å². The summed E-state index contributed by atoms with van der Waals surface area (Å²) in [5.74, 6) is 0.961. The van der Waals surface area contributed by atoms with Crippen molar-refractivity contribution in [3.63, 3.8) is 0 Å². The van der Waals surface area contributed by atoms with Crippen molar-refractivity contribution >= 4 is 5.91 Å². The molecule has 0 aliphatic carbocycles. The van der Waals surface area contributed by atoms with Gasteiger partial charge in [-0.15, -0.1) is 0 Å². The number of nitrogens with one attached hydrogen (secondary N) is 1. The summed E-state index contributed by atoms with van der Waals surface area (Å²) in [5.41, 5.74) is 0. The van der Waals surface area contributed by atoms with Crippen LogP contribution in [0.5, 0.6) is 0 Å². The van der Waals surface area contributed by atoms with Crippen molar-refractivity contribution < 1.29 is 4.79 Å². The number of likely N-dealkylation sites (tertiary alicyclic amines) is 2. The van der Waals surface area contributed by atoms with Crippen LogP contribution in [0.25, 0.3) is 0 Å². The molecule has 2 fully saturated rings. The lowest BCUT2D eigenvalue weighted by atomic mass is 10.1. The summed E-state index contributed by atoms with van der Waals surface area (Å²) in [6.07, 6.45) is 5.30. The van der Waals surface area contributed by atoms with Crippen LogP contribution in [0.15, 0.2) is 0 Å². The lowest BCUT2D eigenvalue weighted by molar-refractivity contribution is -0.129. The second-order valence-electron chi connectivity index (χ2n) is 5.39. The third kappa shape index (κ3) is 3.68. The highest BCUT2D eigenvalue weighted by molar-refractivity contribution is 5.78. The van der Waals surface area contributed by atoms with Crippen LogP contribution in [-0.4, -0.2) is 62.0 Å². The molecule has 0 radical (unpaired) electrons. The molecule has 17 heavy (non-hydrogen) atoms. The van der Waals surface area contributed by atoms with E-state index in [1.807, 2.05) is 11.9 Å². The number of carbonyl (C=O) groups excluding carboxylic acids is 1. The normalized spacial score (nSPS) is 26.4. The Labute approximate surface area is 104 Å². The Morgan fingerprint density at radius 2 is 2.00 bits per heavy atom. The van der Waals surface area contributed by atoms with Crippen molar-refractivity contribution in [3.8, 4) is 0 Å². The molecule has 0 spiro atoms. The molecule has 0 aromatic carbocycles. The fourth-order valence-corrected chi connectivity index (χ4v) is 2.98. The Morgan fingerprint density at radius 3 is 2.71 bits per heavy atom. The Kier molecular flexibility index (Phi) is 4.80. The van der Waals surface area contributed by atoms with Crippen LogP contribution in [0.2, 0.25) is 0 Å². The number of amides is 1. The van der Waals surface area contributed by atoms with Crippen LogP contribution in [0.3, 0.4) is 0 Å². The van der Waals surface area contributed by atoms with Gasteiger partial charge in [0.25, 0.3) is 0 Å². The van der Waals surface area contributed by atoms with E-state index in [4.69, 9.17) is 0 Å². The van der Waals surface area contributed by atoms with Gasteiger partial charge in [0.15, 0.2) is 0 Å². The number of likely N-dealkylation sites (N-methyl/N-ethyl adjacent to an activating group) is 1. The van der Waals surface area contributed by atoms with Crippen molar-refractivity contribution in [2.24, 2.45) is 5.92 Å². The van der Waals surface area contributed by atoms with Crippen LogP contribution in [0, 0.1) is 5.92 Å². The first-order chi connectivity index (χ1) is 8.29. The van der Waals surface area contributed by atoms with E-state index >= 15 is 0 Å². The lowest BCUT2D eigenvalue weighted by Gasteiger charge is -2.29. The molecular weight excluding hydrogens is 214 g/mol. The highest BCUT2D eigenvalue weighted by Crippen LogP contribution is 2.19. The zero-order chi connectivity index (χ0) is 12.1. The predicted octanol–water partition coefficient (Wildman–Crippen LogP) is 0.540. The zero-order valence-electron chi connectivity index (χ0n) is 11.0. The first kappa shape index (κ1) is 12.8. The highest BCUT2D eigenvalue weighted by Gasteiger charge is 2.27. The molecule has 2 rings (SSSR count). The molecule has 2 heterocycles. The summed E-state index contributed by atoms with van der Waals surface area (Å²) in [6.45, 7) is 6.14. The molecule has 1 amide bonds. The van der Waals surface area contributed by atoms with Gasteiger partial charge in [-0.2, -0.15) is 0 Å². The largest absolute Gasteiger partial charge is 0.341 e. The summed E-state index contributed by atoms with van der Waals surface area (Å²) in [6, 6.07) is 0. The fourth-order valence-electron chi connectivity index (χ4n) is 2.98. The van der Waals surface area contributed by atoms with E-state index in [1.165, 1.54) is 45.3 Å². The molecular formula is C13H25N3O. The van der Waals surface area contributed by atoms with E-state index in [2.05, 4.69) is 10.2 Å². The highest BCUT2D eigenvalue weighted by atomic mass is 16.2. The number of hydrogen-bond donors (Lipinski definition) is 1. The molecule has 0 saturated carbocycles. The molecule has 98 valence electrons. The molecule has 2 aliphatic rings. The van der Waals surface area contributed by atoms with Crippen LogP contribution < -0.4 is 5.32 Å². The lowest BCUT2D eigenvalue weighted by Crippen LogP contribution is -2.38. The van der Waals surface area contributed by atoms with Crippen molar-refractivity contribution in [1.29, 1.82) is 0 Å². The van der Waals surface area contributed by atoms with Crippen molar-refractivity contribution in [1.82, 2.24) is 15.1 Å². The standard InChI is InChI=1S/C13H25N3O/c1-14-9-13(17)16-8-5-12(11-16)10-15-6-3-2-4-7-15/h12,14H,2-11H2,1H3. The SMILES string of the molecule is CNCC(=O)N1CCC(CN2CCCCC2)C1. The summed E-state index contributed by atoms with van der Waals surface area (Å²) >= 11 is 0. The number of hydrogen-bond acceptors (Lipinski definition) is 3. The third-order valence-electron chi connectivity index (χ3n) is 3.93. The van der Waals surface area contributed by atoms with E-state index in [0.717, 1.165) is 13.1 Å². The molecule has 0 bridgehead atoms. The van der Waals surface area contributed by atoms with Gasteiger partial charge in [0.05, 0.1) is 6.54 Å². The maximum absolute atomic E-state index is 11.7. The molecule has 1 unspecified atom stereocenters. The van der Waals surface area contributed by atoms with E-state index in [1.54, 1.807) is 0 Å². The van der Waals surface area contributed by atoms with Gasteiger partial charge in [-0.25, -0.2) is 0 Å². The molecule has 4 nitrogen and oxygen atoms in total. The predicted molar refractivity (Wildman–Crippen MR) is 68.9 cm³/mol. The first-order valence-electron chi connectivity index (χ1n) is 6.94. The Bertz CT molecular complexity index is 251. The van der Waals surface area contributed by atoms with E-state index in [-0.39, 0.29) is 5.91 Å². The van der Waals surface area contributed by atoms with E-state index in [0.29, 0.717) is 12.5 Å². The zero-order valence-corrected chi connectivity index (χ0v) is 11.0. The van der Waals surface area contributed by atoms with Gasteiger partial charge in [-0.1, -0.05) is 6.42 Å². The smallest absolute Gasteiger partial charge is 0.236 e. The Morgan fingerprint density at radius 1 is 1.24 bits per heavy atom. The minimum Gasteiger partial charge on any atom is -0.341 e. The van der Waals surface area contributed by atoms with Crippen molar-refractivity contribution in [3.05, 3.63) is 0 Å².